The maximum Gasteiger partial charge on any atom is 0.242 e. The molecule has 189 valence electrons. The van der Waals surface area contributed by atoms with Crippen LogP contribution < -0.4 is 0 Å². The van der Waals surface area contributed by atoms with E-state index >= 15 is 0 Å². The number of aromatic nitrogens is 3. The number of hydrogen-bond donors (Lipinski definition) is 0. The molecule has 11 heteroatoms. The molecule has 1 saturated heterocycles. The van der Waals surface area contributed by atoms with E-state index in [1.54, 1.807) is 4.68 Å². The van der Waals surface area contributed by atoms with E-state index in [0.29, 0.717) is 12.8 Å². The molecule has 3 rings (SSSR count). The molecule has 2 heterocycles. The van der Waals surface area contributed by atoms with Gasteiger partial charge in [0.1, 0.15) is 14.1 Å². The van der Waals surface area contributed by atoms with Gasteiger partial charge in [-0.25, -0.2) is 0 Å². The van der Waals surface area contributed by atoms with Gasteiger partial charge < -0.3 is 4.68 Å². The van der Waals surface area contributed by atoms with E-state index in [9.17, 15) is 9.59 Å². The molecule has 34 heavy (non-hydrogen) atoms. The van der Waals surface area contributed by atoms with E-state index in [1.165, 1.54) is 17.8 Å². The second-order valence-corrected chi connectivity index (χ2v) is 13.8. The molecule has 0 N–H and O–H groups in total. The van der Waals surface area contributed by atoms with E-state index in [1.807, 2.05) is 53.4 Å². The van der Waals surface area contributed by atoms with Crippen LogP contribution >= 0.6 is 7.05 Å². The number of carbonyl (C=O) groups excluding carboxylic acids is 2. The van der Waals surface area contributed by atoms with Crippen LogP contribution in [0.2, 0.25) is 0 Å². The zero-order valence-electron chi connectivity index (χ0n) is 23.1. The van der Waals surface area contributed by atoms with Crippen molar-refractivity contribution in [3.8, 4) is 0 Å². The van der Waals surface area contributed by atoms with Crippen molar-refractivity contribution in [3.63, 3.8) is 0 Å². The third-order valence-corrected chi connectivity index (χ3v) is 7.65. The number of aryl methyl sites for hydroxylation is 1. The van der Waals surface area contributed by atoms with Crippen LogP contribution in [0.1, 0.15) is 19.8 Å². The van der Waals surface area contributed by atoms with E-state index in [-0.39, 0.29) is 44.5 Å². The van der Waals surface area contributed by atoms with Crippen LogP contribution in [0.5, 0.6) is 0 Å². The summed E-state index contributed by atoms with van der Waals surface area (Å²) >= 11 is 0. The Labute approximate surface area is 231 Å². The van der Waals surface area contributed by atoms with Gasteiger partial charge in [-0.1, -0.05) is 5.21 Å². The summed E-state index contributed by atoms with van der Waals surface area (Å²) in [4.78, 5) is 24.2. The smallest absolute Gasteiger partial charge is 0.242 e. The van der Waals surface area contributed by atoms with Crippen molar-refractivity contribution in [1.82, 2.24) is 24.8 Å². The van der Waals surface area contributed by atoms with Gasteiger partial charge in [-0.3, -0.25) is 28.3 Å². The summed E-state index contributed by atoms with van der Waals surface area (Å²) < 4.78 is 6.11. The van der Waals surface area contributed by atoms with Gasteiger partial charge >= 0.3 is 0 Å². The molecule has 1 aromatic heterocycles. The molecule has 1 radical (unpaired) electrons. The van der Waals surface area contributed by atoms with Crippen LogP contribution in [-0.4, -0.2) is 121 Å². The maximum atomic E-state index is 10.5. The van der Waals surface area contributed by atoms with E-state index in [2.05, 4.69) is 71.2 Å². The number of fused-ring (bicyclic) bond motifs is 1. The van der Waals surface area contributed by atoms with Crippen molar-refractivity contribution in [3.05, 3.63) is 24.3 Å². The molecule has 1 aliphatic heterocycles. The van der Waals surface area contributed by atoms with Crippen LogP contribution in [0.3, 0.4) is 0 Å². The summed E-state index contributed by atoms with van der Waals surface area (Å²) in [5, 5.41) is 7.75. The Morgan fingerprint density at radius 2 is 1.53 bits per heavy atom. The van der Waals surface area contributed by atoms with Gasteiger partial charge in [0.25, 0.3) is 0 Å². The first-order chi connectivity index (χ1) is 15.1. The minimum absolute atomic E-state index is 0. The van der Waals surface area contributed by atoms with E-state index in [4.69, 9.17) is 0 Å². The molecule has 0 atom stereocenters. The first-order valence-corrected chi connectivity index (χ1v) is 13.8. The number of likely N-dealkylation sites (tertiary alicyclic amines) is 1. The summed E-state index contributed by atoms with van der Waals surface area (Å²) in [6.07, 6.45) is 0.796. The Hall–Kier alpha value is -1.44. The van der Waals surface area contributed by atoms with Crippen molar-refractivity contribution >= 4 is 35.7 Å². The molecule has 2 aromatic rings. The monoisotopic (exact) mass is 569 g/mol. The second kappa shape index (κ2) is 16.3. The number of nitrogens with zero attached hydrogens (tertiary/aromatic N) is 7. The number of benzene rings is 1. The standard InChI is InChI=1S/C7H6N3.C6H15N2.C5H7NO2.C5H15NP.Y/c1-10-7-5-3-2-4-6(7)8-9-10;1-6(7(2)3)8(4)5;1-6-4(7)2-3-5(6)8;1-6(2)7(3,4)5;/h2,4-5H,1H3;1-5H3;2-3H2,1H3;1-5H3;/q-1;+1;;+1;. The third-order valence-electron chi connectivity index (χ3n) is 5.25. The zero-order valence-corrected chi connectivity index (χ0v) is 26.9. The Morgan fingerprint density at radius 3 is 1.79 bits per heavy atom. The van der Waals surface area contributed by atoms with Crippen LogP contribution in [0, 0.1) is 6.07 Å². The topological polar surface area (TPSA) is 77.4 Å². The van der Waals surface area contributed by atoms with Crippen LogP contribution in [0.25, 0.3) is 11.0 Å². The molecule has 1 fully saturated rings. The molecule has 0 unspecified atom stereocenters. The molecule has 0 saturated carbocycles. The van der Waals surface area contributed by atoms with Gasteiger partial charge in [0.05, 0.1) is 35.2 Å². The summed E-state index contributed by atoms with van der Waals surface area (Å²) in [6, 6.07) is 8.55. The Balaban J connectivity index is 0. The summed E-state index contributed by atoms with van der Waals surface area (Å²) in [5.41, 5.74) is 1.93. The predicted molar refractivity (Wildman–Crippen MR) is 138 cm³/mol. The average molecular weight is 570 g/mol. The van der Waals surface area contributed by atoms with Crippen molar-refractivity contribution in [2.45, 2.75) is 19.8 Å². The Bertz CT molecular complexity index is 993. The maximum absolute atomic E-state index is 10.5. The number of rotatable bonds is 0. The van der Waals surface area contributed by atoms with E-state index < -0.39 is 7.05 Å². The molecule has 2 amide bonds. The predicted octanol–water partition coefficient (Wildman–Crippen LogP) is 2.12. The normalized spacial score (nSPS) is 12.3. The minimum Gasteiger partial charge on any atom is -0.301 e. The second-order valence-electron chi connectivity index (χ2n) is 9.10. The largest absolute Gasteiger partial charge is 0.301 e. The number of amidine groups is 1. The minimum atomic E-state index is -0.654. The zero-order chi connectivity index (χ0) is 25.9. The van der Waals surface area contributed by atoms with Crippen LogP contribution in [-0.2, 0) is 49.3 Å². The first-order valence-electron chi connectivity index (χ1n) is 10.7. The van der Waals surface area contributed by atoms with Gasteiger partial charge in [-0.15, -0.1) is 6.07 Å². The van der Waals surface area contributed by atoms with Crippen molar-refractivity contribution < 1.29 is 51.2 Å². The van der Waals surface area contributed by atoms with Gasteiger partial charge in [0.15, 0.2) is 0 Å². The number of imide groups is 1. The number of hydrogen-bond acceptors (Lipinski definition) is 4. The fraction of sp³-hybridized carbons (Fsp3) is 0.609. The molecule has 1 aliphatic rings. The SMILES string of the molecule is CC(N(C)C)=[N+](C)C.CN1C(=O)CCC1=O.C[N+](C)=P(C)(C)C.Cn1nnc2cc[c-]cc21.[Y]. The van der Waals surface area contributed by atoms with Crippen LogP contribution in [0.15, 0.2) is 18.2 Å². The van der Waals surface area contributed by atoms with E-state index in [0.717, 1.165) is 11.0 Å². The number of amides is 2. The van der Waals surface area contributed by atoms with Crippen molar-refractivity contribution in [2.75, 3.05) is 69.3 Å². The Morgan fingerprint density at radius 1 is 1.06 bits per heavy atom. The fourth-order valence-electron chi connectivity index (χ4n) is 2.01. The third kappa shape index (κ3) is 12.9. The summed E-state index contributed by atoms with van der Waals surface area (Å²) in [6.45, 7) is 8.98. The fourth-order valence-corrected chi connectivity index (χ4v) is 2.01. The average Bonchev–Trinajstić information content (AvgIpc) is 3.25. The molecule has 1 aromatic carbocycles. The molecular weight excluding hydrogens is 526 g/mol. The molecule has 0 aliphatic carbocycles. The molecular formula is C23H43N7O2PY+. The molecule has 0 bridgehead atoms. The summed E-state index contributed by atoms with van der Waals surface area (Å²) in [5.74, 6) is 1.15. The van der Waals surface area contributed by atoms with Gasteiger partial charge in [0, 0.05) is 92.1 Å². The first kappa shape index (κ1) is 34.7. The number of carbonyl (C=O) groups is 2. The van der Waals surface area contributed by atoms with Gasteiger partial charge in [-0.05, 0) is 5.52 Å². The molecule has 0 spiro atoms. The molecule has 9 nitrogen and oxygen atoms in total. The van der Waals surface area contributed by atoms with Gasteiger partial charge in [0.2, 0.25) is 17.6 Å². The Kier molecular flexibility index (Phi) is 16.6. The van der Waals surface area contributed by atoms with Crippen molar-refractivity contribution in [1.29, 1.82) is 0 Å². The quantitative estimate of drug-likeness (QED) is 0.121. The van der Waals surface area contributed by atoms with Crippen LogP contribution in [0.4, 0.5) is 0 Å². The van der Waals surface area contributed by atoms with Crippen molar-refractivity contribution in [2.24, 2.45) is 7.05 Å². The summed E-state index contributed by atoms with van der Waals surface area (Å²) in [7, 11) is 15.1. The van der Waals surface area contributed by atoms with Gasteiger partial charge in [-0.2, -0.15) is 23.3 Å².